The summed E-state index contributed by atoms with van der Waals surface area (Å²) in [6.07, 6.45) is 6.14. The van der Waals surface area contributed by atoms with Crippen molar-refractivity contribution in [1.29, 1.82) is 0 Å². The molecule has 130 valence electrons. The van der Waals surface area contributed by atoms with Gasteiger partial charge in [-0.15, -0.1) is 0 Å². The van der Waals surface area contributed by atoms with Crippen LogP contribution in [0.25, 0.3) is 0 Å². The molecule has 1 atom stereocenters. The first-order valence-corrected chi connectivity index (χ1v) is 8.74. The predicted octanol–water partition coefficient (Wildman–Crippen LogP) is 2.38. The van der Waals surface area contributed by atoms with Crippen LogP contribution >= 0.6 is 0 Å². The van der Waals surface area contributed by atoms with E-state index in [2.05, 4.69) is 25.2 Å². The van der Waals surface area contributed by atoms with Gasteiger partial charge < -0.3 is 13.8 Å². The van der Waals surface area contributed by atoms with E-state index < -0.39 is 0 Å². The van der Waals surface area contributed by atoms with E-state index in [-0.39, 0.29) is 6.04 Å². The SMILES string of the molecule is Cc1noc(C2COCCN2Cc2noc(C3CCCCC3)n2)n1. The minimum Gasteiger partial charge on any atom is -0.378 e. The van der Waals surface area contributed by atoms with Gasteiger partial charge in [0.15, 0.2) is 11.6 Å². The summed E-state index contributed by atoms with van der Waals surface area (Å²) >= 11 is 0. The fourth-order valence-corrected chi connectivity index (χ4v) is 3.53. The Hall–Kier alpha value is -1.80. The van der Waals surface area contributed by atoms with Gasteiger partial charge in [0.25, 0.3) is 0 Å². The van der Waals surface area contributed by atoms with Gasteiger partial charge in [0, 0.05) is 12.5 Å². The Morgan fingerprint density at radius 2 is 1.88 bits per heavy atom. The monoisotopic (exact) mass is 333 g/mol. The molecule has 0 radical (unpaired) electrons. The molecule has 3 heterocycles. The molecular weight excluding hydrogens is 310 g/mol. The minimum atomic E-state index is -0.0587. The maximum atomic E-state index is 5.58. The molecule has 0 spiro atoms. The number of hydrogen-bond donors (Lipinski definition) is 0. The van der Waals surface area contributed by atoms with Gasteiger partial charge in [-0.1, -0.05) is 29.6 Å². The number of rotatable bonds is 4. The Balaban J connectivity index is 1.45. The van der Waals surface area contributed by atoms with Gasteiger partial charge in [-0.25, -0.2) is 0 Å². The molecular formula is C16H23N5O3. The van der Waals surface area contributed by atoms with Crippen molar-refractivity contribution in [2.45, 2.75) is 57.5 Å². The van der Waals surface area contributed by atoms with E-state index in [1.165, 1.54) is 19.3 Å². The largest absolute Gasteiger partial charge is 0.378 e. The molecule has 1 saturated heterocycles. The normalized spacial score (nSPS) is 23.6. The molecule has 1 saturated carbocycles. The highest BCUT2D eigenvalue weighted by Crippen LogP contribution is 2.32. The summed E-state index contributed by atoms with van der Waals surface area (Å²) in [5.74, 6) is 3.17. The number of aryl methyl sites for hydroxylation is 1. The van der Waals surface area contributed by atoms with E-state index in [9.17, 15) is 0 Å². The van der Waals surface area contributed by atoms with Gasteiger partial charge in [0.05, 0.1) is 19.8 Å². The van der Waals surface area contributed by atoms with Crippen LogP contribution < -0.4 is 0 Å². The molecule has 2 fully saturated rings. The van der Waals surface area contributed by atoms with E-state index in [0.717, 1.165) is 31.1 Å². The zero-order valence-electron chi connectivity index (χ0n) is 14.0. The van der Waals surface area contributed by atoms with E-state index in [1.54, 1.807) is 0 Å². The number of ether oxygens (including phenoxy) is 1. The van der Waals surface area contributed by atoms with Crippen molar-refractivity contribution in [3.63, 3.8) is 0 Å². The molecule has 1 aliphatic heterocycles. The molecule has 0 aromatic carbocycles. The van der Waals surface area contributed by atoms with Crippen molar-refractivity contribution in [1.82, 2.24) is 25.2 Å². The lowest BCUT2D eigenvalue weighted by molar-refractivity contribution is -0.0254. The Morgan fingerprint density at radius 1 is 1.04 bits per heavy atom. The molecule has 0 bridgehead atoms. The first kappa shape index (κ1) is 15.7. The fraction of sp³-hybridized carbons (Fsp3) is 0.750. The summed E-state index contributed by atoms with van der Waals surface area (Å²) in [6, 6.07) is -0.0587. The second kappa shape index (κ2) is 6.98. The second-order valence-corrected chi connectivity index (χ2v) is 6.62. The molecule has 8 nitrogen and oxygen atoms in total. The first-order valence-electron chi connectivity index (χ1n) is 8.74. The lowest BCUT2D eigenvalue weighted by atomic mass is 9.89. The van der Waals surface area contributed by atoms with Crippen molar-refractivity contribution in [3.8, 4) is 0 Å². The summed E-state index contributed by atoms with van der Waals surface area (Å²) in [6.45, 7) is 4.41. The van der Waals surface area contributed by atoms with Crippen molar-refractivity contribution in [2.75, 3.05) is 19.8 Å². The summed E-state index contributed by atoms with van der Waals surface area (Å²) in [5, 5.41) is 8.06. The van der Waals surface area contributed by atoms with Crippen molar-refractivity contribution in [2.24, 2.45) is 0 Å². The molecule has 8 heteroatoms. The van der Waals surface area contributed by atoms with Crippen LogP contribution in [0.3, 0.4) is 0 Å². The van der Waals surface area contributed by atoms with Crippen LogP contribution in [0.15, 0.2) is 9.05 Å². The van der Waals surface area contributed by atoms with Crippen LogP contribution in [-0.2, 0) is 11.3 Å². The van der Waals surface area contributed by atoms with Gasteiger partial charge in [-0.05, 0) is 19.8 Å². The number of hydrogen-bond acceptors (Lipinski definition) is 8. The number of nitrogens with zero attached hydrogens (tertiary/aromatic N) is 5. The van der Waals surface area contributed by atoms with E-state index >= 15 is 0 Å². The quantitative estimate of drug-likeness (QED) is 0.842. The lowest BCUT2D eigenvalue weighted by Crippen LogP contribution is -2.39. The number of morpholine rings is 1. The summed E-state index contributed by atoms with van der Waals surface area (Å²) < 4.78 is 16.4. The molecule has 2 aromatic rings. The van der Waals surface area contributed by atoms with Crippen molar-refractivity contribution >= 4 is 0 Å². The fourth-order valence-electron chi connectivity index (χ4n) is 3.53. The van der Waals surface area contributed by atoms with Gasteiger partial charge >= 0.3 is 0 Å². The molecule has 24 heavy (non-hydrogen) atoms. The summed E-state index contributed by atoms with van der Waals surface area (Å²) in [5.41, 5.74) is 0. The average Bonchev–Trinajstić information content (AvgIpc) is 3.25. The topological polar surface area (TPSA) is 90.3 Å². The standard InChI is InChI=1S/C16H23N5O3/c1-11-17-16(24-19-11)13-10-22-8-7-21(13)9-14-18-15(23-20-14)12-5-3-2-4-6-12/h12-13H,2-10H2,1H3. The van der Waals surface area contributed by atoms with Crippen LogP contribution in [0, 0.1) is 6.92 Å². The molecule has 1 aliphatic carbocycles. The van der Waals surface area contributed by atoms with Crippen molar-refractivity contribution in [3.05, 3.63) is 23.4 Å². The third-order valence-corrected chi connectivity index (χ3v) is 4.85. The Morgan fingerprint density at radius 3 is 2.67 bits per heavy atom. The zero-order chi connectivity index (χ0) is 16.4. The molecule has 2 aromatic heterocycles. The van der Waals surface area contributed by atoms with Crippen molar-refractivity contribution < 1.29 is 13.8 Å². The van der Waals surface area contributed by atoms with Gasteiger partial charge in [0.2, 0.25) is 11.8 Å². The summed E-state index contributed by atoms with van der Waals surface area (Å²) in [7, 11) is 0. The highest BCUT2D eigenvalue weighted by molar-refractivity contribution is 4.99. The lowest BCUT2D eigenvalue weighted by Gasteiger charge is -2.32. The first-order chi connectivity index (χ1) is 11.8. The number of aromatic nitrogens is 4. The van der Waals surface area contributed by atoms with Crippen LogP contribution in [-0.4, -0.2) is 44.9 Å². The Bertz CT molecular complexity index is 664. The van der Waals surface area contributed by atoms with Crippen LogP contribution in [0.2, 0.25) is 0 Å². The summed E-state index contributed by atoms with van der Waals surface area (Å²) in [4.78, 5) is 11.2. The molecule has 2 aliphatic rings. The molecule has 0 N–H and O–H groups in total. The van der Waals surface area contributed by atoms with Crippen LogP contribution in [0.1, 0.15) is 67.5 Å². The Kier molecular flexibility index (Phi) is 4.57. The van der Waals surface area contributed by atoms with E-state index in [4.69, 9.17) is 13.8 Å². The maximum absolute atomic E-state index is 5.58. The predicted molar refractivity (Wildman–Crippen MR) is 83.1 cm³/mol. The van der Waals surface area contributed by atoms with Crippen LogP contribution in [0.4, 0.5) is 0 Å². The smallest absolute Gasteiger partial charge is 0.246 e. The maximum Gasteiger partial charge on any atom is 0.246 e. The molecule has 1 unspecified atom stereocenters. The highest BCUT2D eigenvalue weighted by Gasteiger charge is 2.31. The molecule has 0 amide bonds. The van der Waals surface area contributed by atoms with Gasteiger partial charge in [0.1, 0.15) is 6.04 Å². The molecule has 4 rings (SSSR count). The average molecular weight is 333 g/mol. The highest BCUT2D eigenvalue weighted by atomic mass is 16.5. The zero-order valence-corrected chi connectivity index (χ0v) is 14.0. The van der Waals surface area contributed by atoms with Gasteiger partial charge in [-0.3, -0.25) is 4.90 Å². The third kappa shape index (κ3) is 3.34. The Labute approximate surface area is 140 Å². The third-order valence-electron chi connectivity index (χ3n) is 4.85. The van der Waals surface area contributed by atoms with Crippen LogP contribution in [0.5, 0.6) is 0 Å². The second-order valence-electron chi connectivity index (χ2n) is 6.62. The minimum absolute atomic E-state index is 0.0587. The van der Waals surface area contributed by atoms with E-state index in [0.29, 0.717) is 37.4 Å². The van der Waals surface area contributed by atoms with Gasteiger partial charge in [-0.2, -0.15) is 9.97 Å². The van der Waals surface area contributed by atoms with E-state index in [1.807, 2.05) is 6.92 Å².